The SMILES string of the molecule is Cc1ccc(-c2nnco2)cc1NC(=O)C1CCNC1C. The molecule has 2 N–H and O–H groups in total. The van der Waals surface area contributed by atoms with E-state index in [0.717, 1.165) is 29.8 Å². The van der Waals surface area contributed by atoms with E-state index < -0.39 is 0 Å². The van der Waals surface area contributed by atoms with Gasteiger partial charge in [-0.25, -0.2) is 0 Å². The van der Waals surface area contributed by atoms with Crippen molar-refractivity contribution >= 4 is 11.6 Å². The summed E-state index contributed by atoms with van der Waals surface area (Å²) in [5.41, 5.74) is 2.59. The summed E-state index contributed by atoms with van der Waals surface area (Å²) < 4.78 is 5.19. The van der Waals surface area contributed by atoms with Crippen LogP contribution in [0, 0.1) is 12.8 Å². The third-order valence-electron chi connectivity index (χ3n) is 3.96. The first kappa shape index (κ1) is 13.8. The smallest absolute Gasteiger partial charge is 0.247 e. The van der Waals surface area contributed by atoms with Crippen molar-refractivity contribution in [2.45, 2.75) is 26.3 Å². The van der Waals surface area contributed by atoms with Gasteiger partial charge in [-0.15, -0.1) is 10.2 Å². The first-order chi connectivity index (χ1) is 10.1. The molecule has 1 saturated heterocycles. The van der Waals surface area contributed by atoms with E-state index in [9.17, 15) is 4.79 Å². The van der Waals surface area contributed by atoms with E-state index in [0.29, 0.717) is 5.89 Å². The number of anilines is 1. The van der Waals surface area contributed by atoms with Crippen LogP contribution in [0.2, 0.25) is 0 Å². The van der Waals surface area contributed by atoms with E-state index in [2.05, 4.69) is 20.8 Å². The molecule has 2 aromatic rings. The summed E-state index contributed by atoms with van der Waals surface area (Å²) in [5, 5.41) is 13.9. The molecule has 0 aliphatic carbocycles. The second kappa shape index (κ2) is 5.65. The highest BCUT2D eigenvalue weighted by atomic mass is 16.4. The number of nitrogens with zero attached hydrogens (tertiary/aromatic N) is 2. The van der Waals surface area contributed by atoms with Crippen molar-refractivity contribution in [2.24, 2.45) is 5.92 Å². The number of aryl methyl sites for hydroxylation is 1. The predicted molar refractivity (Wildman–Crippen MR) is 78.7 cm³/mol. The van der Waals surface area contributed by atoms with Crippen LogP contribution in [0.1, 0.15) is 18.9 Å². The fraction of sp³-hybridized carbons (Fsp3) is 0.400. The number of aromatic nitrogens is 2. The Morgan fingerprint density at radius 1 is 1.48 bits per heavy atom. The number of carbonyl (C=O) groups is 1. The maximum atomic E-state index is 12.4. The molecule has 1 aliphatic rings. The molecule has 0 spiro atoms. The van der Waals surface area contributed by atoms with Crippen LogP contribution in [0.15, 0.2) is 29.0 Å². The minimum Gasteiger partial charge on any atom is -0.423 e. The van der Waals surface area contributed by atoms with E-state index >= 15 is 0 Å². The van der Waals surface area contributed by atoms with E-state index in [4.69, 9.17) is 4.42 Å². The Balaban J connectivity index is 1.81. The lowest BCUT2D eigenvalue weighted by molar-refractivity contribution is -0.120. The summed E-state index contributed by atoms with van der Waals surface area (Å²) in [5.74, 6) is 0.510. The van der Waals surface area contributed by atoms with Crippen molar-refractivity contribution in [2.75, 3.05) is 11.9 Å². The number of nitrogens with one attached hydrogen (secondary N) is 2. The summed E-state index contributed by atoms with van der Waals surface area (Å²) in [6.07, 6.45) is 2.16. The molecule has 3 rings (SSSR count). The zero-order chi connectivity index (χ0) is 14.8. The summed E-state index contributed by atoms with van der Waals surface area (Å²) in [4.78, 5) is 12.4. The van der Waals surface area contributed by atoms with E-state index in [1.54, 1.807) is 0 Å². The van der Waals surface area contributed by atoms with Crippen LogP contribution in [-0.4, -0.2) is 28.7 Å². The largest absolute Gasteiger partial charge is 0.423 e. The normalized spacial score (nSPS) is 21.4. The highest BCUT2D eigenvalue weighted by Gasteiger charge is 2.29. The van der Waals surface area contributed by atoms with E-state index in [1.807, 2.05) is 32.0 Å². The molecule has 21 heavy (non-hydrogen) atoms. The van der Waals surface area contributed by atoms with Crippen molar-refractivity contribution in [3.63, 3.8) is 0 Å². The third kappa shape index (κ3) is 2.80. The van der Waals surface area contributed by atoms with Crippen molar-refractivity contribution in [3.05, 3.63) is 30.2 Å². The van der Waals surface area contributed by atoms with Crippen LogP contribution in [0.4, 0.5) is 5.69 Å². The summed E-state index contributed by atoms with van der Waals surface area (Å²) in [6.45, 7) is 4.89. The van der Waals surface area contributed by atoms with Gasteiger partial charge in [0.25, 0.3) is 0 Å². The first-order valence-corrected chi connectivity index (χ1v) is 7.06. The van der Waals surface area contributed by atoms with Crippen LogP contribution in [0.25, 0.3) is 11.5 Å². The van der Waals surface area contributed by atoms with Gasteiger partial charge in [-0.2, -0.15) is 0 Å². The molecule has 6 nitrogen and oxygen atoms in total. The van der Waals surface area contributed by atoms with Crippen molar-refractivity contribution < 1.29 is 9.21 Å². The highest BCUT2D eigenvalue weighted by molar-refractivity contribution is 5.94. The molecule has 2 atom stereocenters. The monoisotopic (exact) mass is 286 g/mol. The zero-order valence-corrected chi connectivity index (χ0v) is 12.1. The molecular weight excluding hydrogens is 268 g/mol. The third-order valence-corrected chi connectivity index (χ3v) is 3.96. The Hall–Kier alpha value is -2.21. The molecule has 1 amide bonds. The van der Waals surface area contributed by atoms with Crippen molar-refractivity contribution in [1.82, 2.24) is 15.5 Å². The van der Waals surface area contributed by atoms with Crippen LogP contribution in [0.3, 0.4) is 0 Å². The Bertz CT molecular complexity index is 639. The molecular formula is C15H18N4O2. The lowest BCUT2D eigenvalue weighted by atomic mass is 10.0. The van der Waals surface area contributed by atoms with Crippen LogP contribution < -0.4 is 10.6 Å². The number of benzene rings is 1. The Kier molecular flexibility index (Phi) is 3.70. The number of amides is 1. The van der Waals surface area contributed by atoms with E-state index in [1.165, 1.54) is 6.39 Å². The molecule has 1 aromatic heterocycles. The average molecular weight is 286 g/mol. The Labute approximate surface area is 123 Å². The van der Waals surface area contributed by atoms with Crippen LogP contribution in [-0.2, 0) is 4.79 Å². The van der Waals surface area contributed by atoms with Gasteiger partial charge >= 0.3 is 0 Å². The number of hydrogen-bond donors (Lipinski definition) is 2. The Morgan fingerprint density at radius 3 is 3.00 bits per heavy atom. The second-order valence-corrected chi connectivity index (χ2v) is 5.40. The minimum atomic E-state index is 0.0106. The number of rotatable bonds is 3. The fourth-order valence-corrected chi connectivity index (χ4v) is 2.63. The molecule has 2 heterocycles. The van der Waals surface area contributed by atoms with E-state index in [-0.39, 0.29) is 17.9 Å². The summed E-state index contributed by atoms with van der Waals surface area (Å²) >= 11 is 0. The molecule has 0 radical (unpaired) electrons. The lowest BCUT2D eigenvalue weighted by Crippen LogP contribution is -2.32. The van der Waals surface area contributed by atoms with Gasteiger partial charge in [0.05, 0.1) is 5.92 Å². The summed E-state index contributed by atoms with van der Waals surface area (Å²) in [7, 11) is 0. The van der Waals surface area contributed by atoms with Gasteiger partial charge < -0.3 is 15.1 Å². The Morgan fingerprint density at radius 2 is 2.33 bits per heavy atom. The quantitative estimate of drug-likeness (QED) is 0.902. The maximum absolute atomic E-state index is 12.4. The number of carbonyl (C=O) groups excluding carboxylic acids is 1. The second-order valence-electron chi connectivity index (χ2n) is 5.40. The van der Waals surface area contributed by atoms with Crippen molar-refractivity contribution in [3.8, 4) is 11.5 Å². The molecule has 1 aliphatic heterocycles. The van der Waals surface area contributed by atoms with Gasteiger partial charge in [0.2, 0.25) is 18.2 Å². The van der Waals surface area contributed by atoms with Gasteiger partial charge in [0, 0.05) is 17.3 Å². The van der Waals surface area contributed by atoms with Crippen LogP contribution >= 0.6 is 0 Å². The molecule has 0 saturated carbocycles. The molecule has 1 fully saturated rings. The van der Waals surface area contributed by atoms with Gasteiger partial charge in [0.1, 0.15) is 0 Å². The molecule has 1 aromatic carbocycles. The molecule has 110 valence electrons. The minimum absolute atomic E-state index is 0.0106. The number of hydrogen-bond acceptors (Lipinski definition) is 5. The molecule has 6 heteroatoms. The fourth-order valence-electron chi connectivity index (χ4n) is 2.63. The lowest BCUT2D eigenvalue weighted by Gasteiger charge is -2.16. The van der Waals surface area contributed by atoms with Gasteiger partial charge in [0.15, 0.2) is 0 Å². The van der Waals surface area contributed by atoms with Crippen molar-refractivity contribution in [1.29, 1.82) is 0 Å². The molecule has 0 bridgehead atoms. The standard InChI is InChI=1S/C15H18N4O2/c1-9-3-4-11(15-19-17-8-21-15)7-13(9)18-14(20)12-5-6-16-10(12)2/h3-4,7-8,10,12,16H,5-6H2,1-2H3,(H,18,20). The van der Waals surface area contributed by atoms with Gasteiger partial charge in [-0.3, -0.25) is 4.79 Å². The first-order valence-electron chi connectivity index (χ1n) is 7.06. The highest BCUT2D eigenvalue weighted by Crippen LogP contribution is 2.25. The zero-order valence-electron chi connectivity index (χ0n) is 12.1. The average Bonchev–Trinajstić information content (AvgIpc) is 3.12. The summed E-state index contributed by atoms with van der Waals surface area (Å²) in [6, 6.07) is 5.92. The predicted octanol–water partition coefficient (Wildman–Crippen LogP) is 1.98. The maximum Gasteiger partial charge on any atom is 0.247 e. The van der Waals surface area contributed by atoms with Crippen LogP contribution in [0.5, 0.6) is 0 Å². The van der Waals surface area contributed by atoms with Gasteiger partial charge in [-0.05, 0) is 44.5 Å². The van der Waals surface area contributed by atoms with Gasteiger partial charge in [-0.1, -0.05) is 6.07 Å². The topological polar surface area (TPSA) is 80.1 Å². The molecule has 2 unspecified atom stereocenters.